The van der Waals surface area contributed by atoms with Crippen molar-refractivity contribution in [1.29, 1.82) is 0 Å². The molecule has 6 nitrogen and oxygen atoms in total. The molecular weight excluding hydrogens is 455 g/mol. The van der Waals surface area contributed by atoms with E-state index in [1.165, 1.54) is 23.4 Å². The Bertz CT molecular complexity index is 1310. The normalized spacial score (nSPS) is 16.4. The van der Waals surface area contributed by atoms with Crippen molar-refractivity contribution in [3.8, 4) is 11.1 Å². The number of nitrogens with zero attached hydrogens (tertiary/aromatic N) is 1. The zero-order valence-corrected chi connectivity index (χ0v) is 19.5. The lowest BCUT2D eigenvalue weighted by Crippen LogP contribution is -2.45. The van der Waals surface area contributed by atoms with Crippen LogP contribution in [0, 0.1) is 5.82 Å². The average molecular weight is 481 g/mol. The molecule has 8 heteroatoms. The molecule has 34 heavy (non-hydrogen) atoms. The number of amides is 1. The Morgan fingerprint density at radius 3 is 2.38 bits per heavy atom. The number of halogens is 1. The second-order valence-electron chi connectivity index (χ2n) is 8.28. The summed E-state index contributed by atoms with van der Waals surface area (Å²) in [6.07, 6.45) is 0.999. The third kappa shape index (κ3) is 5.08. The van der Waals surface area contributed by atoms with Crippen molar-refractivity contribution in [3.63, 3.8) is 0 Å². The third-order valence-corrected chi connectivity index (χ3v) is 7.87. The fraction of sp³-hybridized carbons (Fsp3) is 0.231. The maximum Gasteiger partial charge on any atom is 0.243 e. The molecule has 4 rings (SSSR count). The molecule has 0 bridgehead atoms. The summed E-state index contributed by atoms with van der Waals surface area (Å²) in [5, 5.41) is 2.86. The zero-order chi connectivity index (χ0) is 24.3. The van der Waals surface area contributed by atoms with E-state index >= 15 is 0 Å². The largest absolute Gasteiger partial charge is 0.351 e. The molecule has 1 saturated heterocycles. The lowest BCUT2D eigenvalue weighted by molar-refractivity contribution is -0.124. The first-order valence-electron chi connectivity index (χ1n) is 11.0. The zero-order valence-electron chi connectivity index (χ0n) is 18.7. The van der Waals surface area contributed by atoms with Crippen LogP contribution < -0.4 is 5.32 Å². The van der Waals surface area contributed by atoms with Crippen LogP contribution >= 0.6 is 0 Å². The van der Waals surface area contributed by atoms with Crippen LogP contribution in [-0.4, -0.2) is 37.0 Å². The molecule has 1 amide bonds. The maximum absolute atomic E-state index is 13.2. The van der Waals surface area contributed by atoms with E-state index in [4.69, 9.17) is 0 Å². The SMILES string of the molecule is CC(=O)c1ccc(-c2cccc(CNC(=O)C3CCCN3S(=O)(=O)c3ccc(F)cc3)c2)cc1. The molecule has 0 aliphatic carbocycles. The number of ketones is 1. The topological polar surface area (TPSA) is 83.6 Å². The molecule has 3 aromatic rings. The van der Waals surface area contributed by atoms with Gasteiger partial charge in [0.15, 0.2) is 5.78 Å². The van der Waals surface area contributed by atoms with E-state index in [0.717, 1.165) is 28.8 Å². The molecule has 1 fully saturated rings. The number of carbonyl (C=O) groups excluding carboxylic acids is 2. The minimum Gasteiger partial charge on any atom is -0.351 e. The van der Waals surface area contributed by atoms with Gasteiger partial charge in [-0.3, -0.25) is 9.59 Å². The molecule has 0 aromatic heterocycles. The van der Waals surface area contributed by atoms with E-state index in [-0.39, 0.29) is 29.7 Å². The van der Waals surface area contributed by atoms with E-state index in [9.17, 15) is 22.4 Å². The van der Waals surface area contributed by atoms with Crippen LogP contribution in [0.15, 0.2) is 77.7 Å². The molecule has 1 aliphatic rings. The van der Waals surface area contributed by atoms with E-state index < -0.39 is 21.9 Å². The summed E-state index contributed by atoms with van der Waals surface area (Å²) in [5.74, 6) is -0.878. The highest BCUT2D eigenvalue weighted by Gasteiger charge is 2.39. The monoisotopic (exact) mass is 480 g/mol. The Balaban J connectivity index is 1.44. The number of sulfonamides is 1. The second kappa shape index (κ2) is 9.87. The summed E-state index contributed by atoms with van der Waals surface area (Å²) in [6.45, 7) is 2.01. The van der Waals surface area contributed by atoms with Crippen molar-refractivity contribution in [2.45, 2.75) is 37.2 Å². The molecule has 0 radical (unpaired) electrons. The molecule has 0 saturated carbocycles. The third-order valence-electron chi connectivity index (χ3n) is 5.95. The molecule has 1 N–H and O–H groups in total. The highest BCUT2D eigenvalue weighted by atomic mass is 32.2. The van der Waals surface area contributed by atoms with Gasteiger partial charge in [0.25, 0.3) is 0 Å². The number of rotatable bonds is 7. The highest BCUT2D eigenvalue weighted by molar-refractivity contribution is 7.89. The summed E-state index contributed by atoms with van der Waals surface area (Å²) >= 11 is 0. The summed E-state index contributed by atoms with van der Waals surface area (Å²) in [4.78, 5) is 24.4. The van der Waals surface area contributed by atoms with Crippen LogP contribution in [0.3, 0.4) is 0 Å². The number of hydrogen-bond donors (Lipinski definition) is 1. The van der Waals surface area contributed by atoms with Crippen molar-refractivity contribution in [3.05, 3.63) is 89.7 Å². The van der Waals surface area contributed by atoms with Gasteiger partial charge in [-0.15, -0.1) is 0 Å². The maximum atomic E-state index is 13.2. The van der Waals surface area contributed by atoms with E-state index in [1.807, 2.05) is 36.4 Å². The van der Waals surface area contributed by atoms with Crippen molar-refractivity contribution >= 4 is 21.7 Å². The second-order valence-corrected chi connectivity index (χ2v) is 10.2. The number of carbonyl (C=O) groups is 2. The number of Topliss-reactive ketones (excluding diaryl/α,β-unsaturated/α-hetero) is 1. The first-order valence-corrected chi connectivity index (χ1v) is 12.4. The van der Waals surface area contributed by atoms with Crippen LogP contribution in [0.4, 0.5) is 4.39 Å². The summed E-state index contributed by atoms with van der Waals surface area (Å²) < 4.78 is 40.4. The number of nitrogens with one attached hydrogen (secondary N) is 1. The Morgan fingerprint density at radius 1 is 1.00 bits per heavy atom. The Morgan fingerprint density at radius 2 is 1.71 bits per heavy atom. The lowest BCUT2D eigenvalue weighted by atomic mass is 10.0. The summed E-state index contributed by atoms with van der Waals surface area (Å²) in [5.41, 5.74) is 3.41. The molecule has 1 aliphatic heterocycles. The van der Waals surface area contributed by atoms with E-state index in [2.05, 4.69) is 5.32 Å². The molecule has 176 valence electrons. The van der Waals surface area contributed by atoms with Gasteiger partial charge in [-0.05, 0) is 66.8 Å². The van der Waals surface area contributed by atoms with Gasteiger partial charge in [0.05, 0.1) is 4.90 Å². The van der Waals surface area contributed by atoms with Gasteiger partial charge >= 0.3 is 0 Å². The predicted octanol–water partition coefficient (Wildman–Crippen LogP) is 4.16. The van der Waals surface area contributed by atoms with Gasteiger partial charge in [0.2, 0.25) is 15.9 Å². The van der Waals surface area contributed by atoms with Gasteiger partial charge in [-0.25, -0.2) is 12.8 Å². The molecular formula is C26H25FN2O4S. The Labute approximate surface area is 198 Å². The fourth-order valence-electron chi connectivity index (χ4n) is 4.10. The summed E-state index contributed by atoms with van der Waals surface area (Å²) in [7, 11) is -3.90. The lowest BCUT2D eigenvalue weighted by Gasteiger charge is -2.23. The quantitative estimate of drug-likeness (QED) is 0.515. The van der Waals surface area contributed by atoms with Gasteiger partial charge in [-0.1, -0.05) is 42.5 Å². The smallest absolute Gasteiger partial charge is 0.243 e. The minimum atomic E-state index is -3.90. The van der Waals surface area contributed by atoms with Crippen LogP contribution in [-0.2, 0) is 21.4 Å². The first-order chi connectivity index (χ1) is 16.3. The Kier molecular flexibility index (Phi) is 6.90. The van der Waals surface area contributed by atoms with Gasteiger partial charge in [0, 0.05) is 18.7 Å². The van der Waals surface area contributed by atoms with Crippen LogP contribution in [0.25, 0.3) is 11.1 Å². The van der Waals surface area contributed by atoms with Crippen LogP contribution in [0.1, 0.15) is 35.7 Å². The molecule has 1 atom stereocenters. The van der Waals surface area contributed by atoms with E-state index in [1.54, 1.807) is 12.1 Å². The molecule has 1 unspecified atom stereocenters. The average Bonchev–Trinajstić information content (AvgIpc) is 3.34. The summed E-state index contributed by atoms with van der Waals surface area (Å²) in [6, 6.07) is 18.8. The van der Waals surface area contributed by atoms with Crippen LogP contribution in [0.2, 0.25) is 0 Å². The van der Waals surface area contributed by atoms with E-state index in [0.29, 0.717) is 18.4 Å². The van der Waals surface area contributed by atoms with Crippen molar-refractivity contribution in [2.24, 2.45) is 0 Å². The molecule has 1 heterocycles. The van der Waals surface area contributed by atoms with Gasteiger partial charge in [-0.2, -0.15) is 4.31 Å². The number of benzene rings is 3. The standard InChI is InChI=1S/C26H25FN2O4S/c1-18(30)20-7-9-21(10-8-20)22-5-2-4-19(16-22)17-28-26(31)25-6-3-15-29(25)34(32,33)24-13-11-23(27)12-14-24/h2,4-5,7-14,16,25H,3,6,15,17H2,1H3,(H,28,31). The molecule has 0 spiro atoms. The fourth-order valence-corrected chi connectivity index (χ4v) is 5.75. The molecule has 3 aromatic carbocycles. The number of hydrogen-bond acceptors (Lipinski definition) is 4. The minimum absolute atomic E-state index is 0.00501. The van der Waals surface area contributed by atoms with Crippen molar-refractivity contribution in [2.75, 3.05) is 6.54 Å². The van der Waals surface area contributed by atoms with Crippen molar-refractivity contribution < 1.29 is 22.4 Å². The van der Waals surface area contributed by atoms with Crippen LogP contribution in [0.5, 0.6) is 0 Å². The Hall–Kier alpha value is -3.36. The van der Waals surface area contributed by atoms with Gasteiger partial charge < -0.3 is 5.32 Å². The first kappa shape index (κ1) is 23.8. The highest BCUT2D eigenvalue weighted by Crippen LogP contribution is 2.27. The van der Waals surface area contributed by atoms with Gasteiger partial charge in [0.1, 0.15) is 11.9 Å². The predicted molar refractivity (Wildman–Crippen MR) is 127 cm³/mol. The van der Waals surface area contributed by atoms with Crippen molar-refractivity contribution in [1.82, 2.24) is 9.62 Å².